The highest BCUT2D eigenvalue weighted by Crippen LogP contribution is 2.29. The lowest BCUT2D eigenvalue weighted by Crippen LogP contribution is -2.34. The fraction of sp³-hybridized carbons (Fsp3) is 0.435. The molecular formula is C23H31N3O3S. The Hall–Kier alpha value is -2.67. The van der Waals surface area contributed by atoms with E-state index in [2.05, 4.69) is 10.6 Å². The fourth-order valence-corrected chi connectivity index (χ4v) is 3.77. The number of hydrogen-bond acceptors (Lipinski definition) is 4. The maximum Gasteiger partial charge on any atom is 0.266 e. The number of carbonyl (C=O) groups excluding carboxylic acids is 3. The van der Waals surface area contributed by atoms with E-state index in [1.807, 2.05) is 71.9 Å². The van der Waals surface area contributed by atoms with Crippen molar-refractivity contribution in [2.75, 3.05) is 10.6 Å². The van der Waals surface area contributed by atoms with Gasteiger partial charge in [0.05, 0.1) is 9.88 Å². The van der Waals surface area contributed by atoms with Gasteiger partial charge < -0.3 is 15.5 Å². The molecule has 1 heterocycles. The summed E-state index contributed by atoms with van der Waals surface area (Å²) in [5.74, 6) is -0.272. The first-order chi connectivity index (χ1) is 13.9. The average molecular weight is 430 g/mol. The van der Waals surface area contributed by atoms with Gasteiger partial charge in [-0.25, -0.2) is 0 Å². The van der Waals surface area contributed by atoms with Crippen molar-refractivity contribution < 1.29 is 14.4 Å². The predicted octanol–water partition coefficient (Wildman–Crippen LogP) is 5.05. The molecule has 0 saturated heterocycles. The summed E-state index contributed by atoms with van der Waals surface area (Å²) < 4.78 is 0. The maximum absolute atomic E-state index is 12.7. The van der Waals surface area contributed by atoms with E-state index in [4.69, 9.17) is 0 Å². The molecule has 2 aromatic rings. The van der Waals surface area contributed by atoms with Crippen molar-refractivity contribution in [3.05, 3.63) is 46.3 Å². The van der Waals surface area contributed by atoms with E-state index in [0.717, 1.165) is 11.1 Å². The smallest absolute Gasteiger partial charge is 0.266 e. The van der Waals surface area contributed by atoms with Crippen molar-refractivity contribution in [1.82, 2.24) is 4.90 Å². The Morgan fingerprint density at radius 2 is 1.67 bits per heavy atom. The van der Waals surface area contributed by atoms with Crippen molar-refractivity contribution in [1.29, 1.82) is 0 Å². The van der Waals surface area contributed by atoms with Crippen LogP contribution in [0.5, 0.6) is 0 Å². The molecule has 2 N–H and O–H groups in total. The number of amides is 3. The van der Waals surface area contributed by atoms with Crippen molar-refractivity contribution >= 4 is 39.7 Å². The summed E-state index contributed by atoms with van der Waals surface area (Å²) in [6.07, 6.45) is 0. The summed E-state index contributed by atoms with van der Waals surface area (Å²) in [5.41, 5.74) is 1.98. The minimum absolute atomic E-state index is 0.0323. The zero-order chi connectivity index (χ0) is 22.6. The molecular weight excluding hydrogens is 398 g/mol. The van der Waals surface area contributed by atoms with Crippen LogP contribution in [0.15, 0.2) is 30.3 Å². The van der Waals surface area contributed by atoms with E-state index in [0.29, 0.717) is 22.1 Å². The van der Waals surface area contributed by atoms with Crippen LogP contribution in [0.4, 0.5) is 10.7 Å². The van der Waals surface area contributed by atoms with E-state index < -0.39 is 5.41 Å². The summed E-state index contributed by atoms with van der Waals surface area (Å²) in [6, 6.07) is 9.41. The largest absolute Gasteiger partial charge is 0.336 e. The zero-order valence-corrected chi connectivity index (χ0v) is 19.6. The number of benzene rings is 1. The molecule has 0 fully saturated rings. The summed E-state index contributed by atoms with van der Waals surface area (Å²) in [5, 5.41) is 6.43. The summed E-state index contributed by atoms with van der Waals surface area (Å²) in [6.45, 7) is 13.4. The molecule has 0 unspecified atom stereocenters. The van der Waals surface area contributed by atoms with Gasteiger partial charge in [-0.1, -0.05) is 32.9 Å². The second-order valence-corrected chi connectivity index (χ2v) is 9.77. The molecule has 0 aliphatic carbocycles. The third-order valence-electron chi connectivity index (χ3n) is 4.63. The van der Waals surface area contributed by atoms with Gasteiger partial charge in [0.1, 0.15) is 0 Å². The van der Waals surface area contributed by atoms with Crippen LogP contribution in [-0.4, -0.2) is 28.7 Å². The van der Waals surface area contributed by atoms with Gasteiger partial charge in [0.25, 0.3) is 5.91 Å². The van der Waals surface area contributed by atoms with Crippen LogP contribution in [0.25, 0.3) is 0 Å². The molecule has 2 rings (SSSR count). The van der Waals surface area contributed by atoms with Crippen LogP contribution in [-0.2, 0) is 16.1 Å². The van der Waals surface area contributed by atoms with Crippen LogP contribution < -0.4 is 10.6 Å². The monoisotopic (exact) mass is 429 g/mol. The highest BCUT2D eigenvalue weighted by Gasteiger charge is 2.23. The zero-order valence-electron chi connectivity index (χ0n) is 18.8. The number of aryl methyl sites for hydroxylation is 1. The third-order valence-corrected chi connectivity index (χ3v) is 5.79. The summed E-state index contributed by atoms with van der Waals surface area (Å²) >= 11 is 1.26. The van der Waals surface area contributed by atoms with Gasteiger partial charge in [0, 0.05) is 30.6 Å². The minimum atomic E-state index is -0.504. The minimum Gasteiger partial charge on any atom is -0.336 e. The van der Waals surface area contributed by atoms with Gasteiger partial charge in [0.2, 0.25) is 11.8 Å². The van der Waals surface area contributed by atoms with Crippen LogP contribution in [0, 0.1) is 12.3 Å². The molecule has 0 atom stereocenters. The van der Waals surface area contributed by atoms with E-state index in [-0.39, 0.29) is 23.8 Å². The molecule has 3 amide bonds. The lowest BCUT2D eigenvalue weighted by Gasteiger charge is -2.25. The molecule has 0 saturated carbocycles. The molecule has 30 heavy (non-hydrogen) atoms. The Morgan fingerprint density at radius 3 is 2.17 bits per heavy atom. The first-order valence-corrected chi connectivity index (χ1v) is 10.8. The van der Waals surface area contributed by atoms with E-state index in [9.17, 15) is 14.4 Å². The van der Waals surface area contributed by atoms with Gasteiger partial charge in [-0.05, 0) is 50.1 Å². The number of thiophene rings is 1. The fourth-order valence-electron chi connectivity index (χ4n) is 2.80. The first-order valence-electron chi connectivity index (χ1n) is 9.98. The Labute approximate surface area is 182 Å². The Bertz CT molecular complexity index is 924. The molecule has 0 bridgehead atoms. The molecule has 1 aromatic carbocycles. The van der Waals surface area contributed by atoms with Crippen molar-refractivity contribution in [2.45, 2.75) is 61.1 Å². The number of nitrogens with zero attached hydrogens (tertiary/aromatic N) is 1. The van der Waals surface area contributed by atoms with Gasteiger partial charge >= 0.3 is 0 Å². The summed E-state index contributed by atoms with van der Waals surface area (Å²) in [7, 11) is 0. The number of nitrogens with one attached hydrogen (secondary N) is 2. The number of hydrogen-bond donors (Lipinski definition) is 2. The lowest BCUT2D eigenvalue weighted by molar-refractivity contribution is -0.131. The normalized spacial score (nSPS) is 11.3. The molecule has 0 spiro atoms. The molecule has 7 heteroatoms. The molecule has 0 aliphatic rings. The Morgan fingerprint density at radius 1 is 1.07 bits per heavy atom. The van der Waals surface area contributed by atoms with Crippen molar-refractivity contribution in [3.63, 3.8) is 0 Å². The number of rotatable bonds is 6. The second kappa shape index (κ2) is 9.43. The van der Waals surface area contributed by atoms with Gasteiger partial charge in [-0.15, -0.1) is 11.3 Å². The Balaban J connectivity index is 2.06. The number of carbonyl (C=O) groups is 3. The topological polar surface area (TPSA) is 78.5 Å². The van der Waals surface area contributed by atoms with Crippen LogP contribution in [0.1, 0.15) is 62.3 Å². The van der Waals surface area contributed by atoms with Gasteiger partial charge in [-0.3, -0.25) is 14.4 Å². The summed E-state index contributed by atoms with van der Waals surface area (Å²) in [4.78, 5) is 39.0. The predicted molar refractivity (Wildman–Crippen MR) is 123 cm³/mol. The van der Waals surface area contributed by atoms with Crippen LogP contribution in [0.2, 0.25) is 0 Å². The van der Waals surface area contributed by atoms with E-state index >= 15 is 0 Å². The molecule has 162 valence electrons. The number of anilines is 2. The van der Waals surface area contributed by atoms with Gasteiger partial charge in [0.15, 0.2) is 0 Å². The Kier molecular flexibility index (Phi) is 7.42. The molecule has 0 radical (unpaired) electrons. The van der Waals surface area contributed by atoms with E-state index in [1.54, 1.807) is 11.8 Å². The molecule has 1 aromatic heterocycles. The quantitative estimate of drug-likeness (QED) is 0.674. The average Bonchev–Trinajstić information content (AvgIpc) is 3.00. The third kappa shape index (κ3) is 6.16. The van der Waals surface area contributed by atoms with Crippen LogP contribution >= 0.6 is 11.3 Å². The SMILES string of the molecule is CC(=O)N(Cc1ccc(NC(=O)c2sc(NC(=O)C(C)(C)C)cc2C)cc1)C(C)C. The highest BCUT2D eigenvalue weighted by atomic mass is 32.1. The van der Waals surface area contributed by atoms with Crippen molar-refractivity contribution in [2.24, 2.45) is 5.41 Å². The molecule has 0 aliphatic heterocycles. The van der Waals surface area contributed by atoms with Crippen molar-refractivity contribution in [3.8, 4) is 0 Å². The maximum atomic E-state index is 12.7. The lowest BCUT2D eigenvalue weighted by atomic mass is 9.96. The highest BCUT2D eigenvalue weighted by molar-refractivity contribution is 7.18. The van der Waals surface area contributed by atoms with Gasteiger partial charge in [-0.2, -0.15) is 0 Å². The second-order valence-electron chi connectivity index (χ2n) is 8.72. The molecule has 6 nitrogen and oxygen atoms in total. The van der Waals surface area contributed by atoms with E-state index in [1.165, 1.54) is 11.3 Å². The van der Waals surface area contributed by atoms with Crippen LogP contribution in [0.3, 0.4) is 0 Å². The first kappa shape index (κ1) is 23.6. The standard InChI is InChI=1S/C23H31N3O3S/c1-14(2)26(16(4)27)13-17-8-10-18(11-9-17)24-21(28)20-15(3)12-19(30-20)25-22(29)23(5,6)7/h8-12,14H,13H2,1-7H3,(H,24,28)(H,25,29).